The Balaban J connectivity index is 2.34. The van der Waals surface area contributed by atoms with Crippen LogP contribution >= 0.6 is 0 Å². The van der Waals surface area contributed by atoms with Crippen molar-refractivity contribution >= 4 is 10.0 Å². The summed E-state index contributed by atoms with van der Waals surface area (Å²) in [7, 11) is -3.86. The van der Waals surface area contributed by atoms with Crippen LogP contribution in [0.4, 0.5) is 4.39 Å². The van der Waals surface area contributed by atoms with E-state index in [-0.39, 0.29) is 17.0 Å². The molecule has 20 heavy (non-hydrogen) atoms. The molecule has 4 N–H and O–H groups in total. The summed E-state index contributed by atoms with van der Waals surface area (Å²) in [6, 6.07) is 3.36. The standard InChI is InChI=1S/C12H15FN4O2S/c1-8(9-6-15-16-7-9)17-20(18,19)12-4-2-3-11(13)10(12)5-14/h2-4,6-8,17H,5,14H2,1H3,(H,15,16). The summed E-state index contributed by atoms with van der Waals surface area (Å²) in [5.41, 5.74) is 6.08. The lowest BCUT2D eigenvalue weighted by Crippen LogP contribution is -2.28. The van der Waals surface area contributed by atoms with Gasteiger partial charge in [-0.3, -0.25) is 5.10 Å². The highest BCUT2D eigenvalue weighted by atomic mass is 32.2. The lowest BCUT2D eigenvalue weighted by molar-refractivity contribution is 0.559. The van der Waals surface area contributed by atoms with Crippen LogP contribution in [0.1, 0.15) is 24.1 Å². The van der Waals surface area contributed by atoms with E-state index in [0.29, 0.717) is 5.56 Å². The Morgan fingerprint density at radius 1 is 1.50 bits per heavy atom. The average Bonchev–Trinajstić information content (AvgIpc) is 2.91. The maximum Gasteiger partial charge on any atom is 0.241 e. The summed E-state index contributed by atoms with van der Waals surface area (Å²) in [6.45, 7) is 1.48. The van der Waals surface area contributed by atoms with Crippen LogP contribution in [0.15, 0.2) is 35.5 Å². The highest BCUT2D eigenvalue weighted by Gasteiger charge is 2.23. The molecule has 1 unspecified atom stereocenters. The van der Waals surface area contributed by atoms with Gasteiger partial charge < -0.3 is 5.73 Å². The second-order valence-electron chi connectivity index (χ2n) is 4.30. The molecule has 108 valence electrons. The zero-order valence-corrected chi connectivity index (χ0v) is 11.6. The molecule has 0 bridgehead atoms. The molecule has 6 nitrogen and oxygen atoms in total. The number of H-pyrrole nitrogens is 1. The summed E-state index contributed by atoms with van der Waals surface area (Å²) in [5.74, 6) is -0.633. The van der Waals surface area contributed by atoms with Crippen LogP contribution in [0.2, 0.25) is 0 Å². The molecule has 1 atom stereocenters. The Hall–Kier alpha value is -1.77. The van der Waals surface area contributed by atoms with Crippen molar-refractivity contribution in [2.45, 2.75) is 24.4 Å². The molecule has 8 heteroatoms. The molecule has 0 amide bonds. The van der Waals surface area contributed by atoms with Crippen molar-refractivity contribution in [2.24, 2.45) is 5.73 Å². The highest BCUT2D eigenvalue weighted by Crippen LogP contribution is 2.21. The van der Waals surface area contributed by atoms with Crippen LogP contribution in [0.3, 0.4) is 0 Å². The first-order valence-corrected chi connectivity index (χ1v) is 7.42. The lowest BCUT2D eigenvalue weighted by Gasteiger charge is -2.15. The van der Waals surface area contributed by atoms with Crippen molar-refractivity contribution in [2.75, 3.05) is 0 Å². The Morgan fingerprint density at radius 3 is 2.85 bits per heavy atom. The van der Waals surface area contributed by atoms with E-state index in [1.165, 1.54) is 24.4 Å². The van der Waals surface area contributed by atoms with Gasteiger partial charge in [0.15, 0.2) is 0 Å². The van der Waals surface area contributed by atoms with Gasteiger partial charge in [-0.25, -0.2) is 17.5 Å². The first-order valence-electron chi connectivity index (χ1n) is 5.94. The van der Waals surface area contributed by atoms with Crippen LogP contribution in [-0.2, 0) is 16.6 Å². The van der Waals surface area contributed by atoms with Gasteiger partial charge in [0, 0.05) is 29.9 Å². The summed E-state index contributed by atoms with van der Waals surface area (Å²) in [6.07, 6.45) is 3.10. The molecule has 1 aromatic heterocycles. The lowest BCUT2D eigenvalue weighted by atomic mass is 10.2. The number of nitrogens with two attached hydrogens (primary N) is 1. The minimum Gasteiger partial charge on any atom is -0.326 e. The predicted molar refractivity (Wildman–Crippen MR) is 71.6 cm³/mol. The number of nitrogens with one attached hydrogen (secondary N) is 2. The first kappa shape index (κ1) is 14.6. The van der Waals surface area contributed by atoms with Crippen molar-refractivity contribution in [3.05, 3.63) is 47.5 Å². The quantitative estimate of drug-likeness (QED) is 0.768. The Kier molecular flexibility index (Phi) is 4.17. The fourth-order valence-corrected chi connectivity index (χ4v) is 3.34. The van der Waals surface area contributed by atoms with E-state index in [4.69, 9.17) is 5.73 Å². The zero-order chi connectivity index (χ0) is 14.8. The summed E-state index contributed by atoms with van der Waals surface area (Å²) in [5, 5.41) is 6.36. The smallest absolute Gasteiger partial charge is 0.241 e. The second-order valence-corrected chi connectivity index (χ2v) is 5.98. The largest absolute Gasteiger partial charge is 0.326 e. The fraction of sp³-hybridized carbons (Fsp3) is 0.250. The molecule has 2 rings (SSSR count). The topological polar surface area (TPSA) is 101 Å². The molecule has 1 aromatic carbocycles. The fourth-order valence-electron chi connectivity index (χ4n) is 1.85. The van der Waals surface area contributed by atoms with Gasteiger partial charge in [-0.2, -0.15) is 5.10 Å². The van der Waals surface area contributed by atoms with Crippen molar-refractivity contribution in [1.29, 1.82) is 0 Å². The van der Waals surface area contributed by atoms with Crippen LogP contribution in [-0.4, -0.2) is 18.6 Å². The number of aromatic nitrogens is 2. The highest BCUT2D eigenvalue weighted by molar-refractivity contribution is 7.89. The van der Waals surface area contributed by atoms with Gasteiger partial charge in [0.05, 0.1) is 11.1 Å². The van der Waals surface area contributed by atoms with Crippen LogP contribution < -0.4 is 10.5 Å². The Labute approximate surface area is 116 Å². The molecule has 1 heterocycles. The molecule has 0 aliphatic carbocycles. The van der Waals surface area contributed by atoms with Gasteiger partial charge in [-0.15, -0.1) is 0 Å². The van der Waals surface area contributed by atoms with Gasteiger partial charge >= 0.3 is 0 Å². The van der Waals surface area contributed by atoms with Crippen LogP contribution in [0.25, 0.3) is 0 Å². The number of sulfonamides is 1. The van der Waals surface area contributed by atoms with Gasteiger partial charge in [0.2, 0.25) is 10.0 Å². The van der Waals surface area contributed by atoms with Crippen molar-refractivity contribution < 1.29 is 12.8 Å². The minimum absolute atomic E-state index is 0.0283. The summed E-state index contributed by atoms with van der Waals surface area (Å²) >= 11 is 0. The van der Waals surface area contributed by atoms with Gasteiger partial charge in [-0.1, -0.05) is 6.07 Å². The van der Waals surface area contributed by atoms with Crippen molar-refractivity contribution in [3.8, 4) is 0 Å². The van der Waals surface area contributed by atoms with Gasteiger partial charge in [0.1, 0.15) is 5.82 Å². The third-order valence-electron chi connectivity index (χ3n) is 2.92. The third-order valence-corrected chi connectivity index (χ3v) is 4.55. The number of nitrogens with zero attached hydrogens (tertiary/aromatic N) is 1. The molecule has 0 fully saturated rings. The van der Waals surface area contributed by atoms with E-state index in [2.05, 4.69) is 14.9 Å². The number of benzene rings is 1. The molecular weight excluding hydrogens is 283 g/mol. The molecule has 0 aliphatic heterocycles. The third kappa shape index (κ3) is 2.87. The number of hydrogen-bond donors (Lipinski definition) is 3. The minimum atomic E-state index is -3.86. The number of halogens is 1. The molecular formula is C12H15FN4O2S. The molecule has 0 aliphatic rings. The number of rotatable bonds is 5. The van der Waals surface area contributed by atoms with E-state index in [0.717, 1.165) is 0 Å². The Bertz CT molecular complexity index is 685. The zero-order valence-electron chi connectivity index (χ0n) is 10.8. The first-order chi connectivity index (χ1) is 9.45. The molecule has 0 spiro atoms. The van der Waals surface area contributed by atoms with Gasteiger partial charge in [-0.05, 0) is 19.1 Å². The van der Waals surface area contributed by atoms with E-state index >= 15 is 0 Å². The predicted octanol–water partition coefficient (Wildman–Crippen LogP) is 1.05. The van der Waals surface area contributed by atoms with Crippen molar-refractivity contribution in [3.63, 3.8) is 0 Å². The van der Waals surface area contributed by atoms with Crippen LogP contribution in [0.5, 0.6) is 0 Å². The van der Waals surface area contributed by atoms with E-state index in [1.54, 1.807) is 13.1 Å². The molecule has 2 aromatic rings. The Morgan fingerprint density at radius 2 is 2.25 bits per heavy atom. The average molecular weight is 298 g/mol. The monoisotopic (exact) mass is 298 g/mol. The maximum atomic E-state index is 13.6. The second kappa shape index (κ2) is 5.70. The number of hydrogen-bond acceptors (Lipinski definition) is 4. The molecule has 0 saturated carbocycles. The van der Waals surface area contributed by atoms with Crippen LogP contribution in [0, 0.1) is 5.82 Å². The molecule has 0 radical (unpaired) electrons. The maximum absolute atomic E-state index is 13.6. The summed E-state index contributed by atoms with van der Waals surface area (Å²) in [4.78, 5) is -0.143. The van der Waals surface area contributed by atoms with E-state index < -0.39 is 21.9 Å². The molecule has 0 saturated heterocycles. The van der Waals surface area contributed by atoms with Crippen molar-refractivity contribution in [1.82, 2.24) is 14.9 Å². The van der Waals surface area contributed by atoms with E-state index in [9.17, 15) is 12.8 Å². The SMILES string of the molecule is CC(NS(=O)(=O)c1cccc(F)c1CN)c1cn[nH]c1. The number of aromatic amines is 1. The summed E-state index contributed by atoms with van der Waals surface area (Å²) < 4.78 is 40.7. The normalized spacial score (nSPS) is 13.3. The van der Waals surface area contributed by atoms with E-state index in [1.807, 2.05) is 0 Å². The van der Waals surface area contributed by atoms with Gasteiger partial charge in [0.25, 0.3) is 0 Å².